The summed E-state index contributed by atoms with van der Waals surface area (Å²) < 4.78 is 4.74. The van der Waals surface area contributed by atoms with Crippen molar-refractivity contribution in [2.75, 3.05) is 0 Å². The molecule has 2 aromatic heterocycles. The SMILES string of the molecule is c1ccc(-n2ccc3c2ccc2c4cc(-c5ccc6c(c5)C(c5ccccc5)(c5ccccc5)c5ccccc5-6)ccc4n(-c4ccccc4)c23)cc1. The zero-order valence-corrected chi connectivity index (χ0v) is 29.0. The van der Waals surface area contributed by atoms with E-state index in [1.54, 1.807) is 0 Å². The molecule has 0 spiro atoms. The number of para-hydroxylation sites is 2. The second-order valence-corrected chi connectivity index (χ2v) is 14.1. The Morgan fingerprint density at radius 1 is 0.358 bits per heavy atom. The minimum absolute atomic E-state index is 0.435. The van der Waals surface area contributed by atoms with Crippen molar-refractivity contribution in [2.45, 2.75) is 5.41 Å². The molecule has 2 nitrogen and oxygen atoms in total. The van der Waals surface area contributed by atoms with E-state index in [1.807, 2.05) is 0 Å². The number of hydrogen-bond donors (Lipinski definition) is 0. The molecular formula is C51H34N2. The molecule has 1 aliphatic carbocycles. The van der Waals surface area contributed by atoms with Gasteiger partial charge in [-0.05, 0) is 99.1 Å². The molecular weight excluding hydrogens is 641 g/mol. The zero-order valence-electron chi connectivity index (χ0n) is 29.0. The first-order valence-corrected chi connectivity index (χ1v) is 18.4. The Labute approximate surface area is 308 Å². The Morgan fingerprint density at radius 2 is 0.925 bits per heavy atom. The fraction of sp³-hybridized carbons (Fsp3) is 0.0196. The molecule has 0 unspecified atom stereocenters. The lowest BCUT2D eigenvalue weighted by molar-refractivity contribution is 0.769. The molecule has 2 heteroatoms. The fourth-order valence-corrected chi connectivity index (χ4v) is 9.19. The smallest absolute Gasteiger partial charge is 0.0713 e. The normalized spacial score (nSPS) is 13.1. The van der Waals surface area contributed by atoms with Gasteiger partial charge in [-0.15, -0.1) is 0 Å². The third kappa shape index (κ3) is 4.27. The molecule has 0 saturated carbocycles. The third-order valence-electron chi connectivity index (χ3n) is 11.4. The van der Waals surface area contributed by atoms with E-state index >= 15 is 0 Å². The number of aromatic nitrogens is 2. The van der Waals surface area contributed by atoms with Crippen LogP contribution in [0.15, 0.2) is 206 Å². The largest absolute Gasteiger partial charge is 0.316 e. The fourth-order valence-electron chi connectivity index (χ4n) is 9.19. The van der Waals surface area contributed by atoms with Crippen molar-refractivity contribution in [3.63, 3.8) is 0 Å². The molecule has 2 heterocycles. The van der Waals surface area contributed by atoms with E-state index in [-0.39, 0.29) is 0 Å². The summed E-state index contributed by atoms with van der Waals surface area (Å²) in [7, 11) is 0. The molecule has 0 N–H and O–H groups in total. The maximum absolute atomic E-state index is 2.46. The van der Waals surface area contributed by atoms with Gasteiger partial charge in [0.1, 0.15) is 0 Å². The van der Waals surface area contributed by atoms with Gasteiger partial charge in [0.2, 0.25) is 0 Å². The summed E-state index contributed by atoms with van der Waals surface area (Å²) in [6.45, 7) is 0. The van der Waals surface area contributed by atoms with E-state index in [0.717, 1.165) is 11.4 Å². The lowest BCUT2D eigenvalue weighted by Gasteiger charge is -2.34. The summed E-state index contributed by atoms with van der Waals surface area (Å²) in [6.07, 6.45) is 2.20. The molecule has 10 aromatic rings. The Hall–Kier alpha value is -6.90. The average molecular weight is 675 g/mol. The van der Waals surface area contributed by atoms with Crippen molar-refractivity contribution in [1.82, 2.24) is 9.13 Å². The Kier molecular flexibility index (Phi) is 6.50. The maximum atomic E-state index is 2.46. The predicted molar refractivity (Wildman–Crippen MR) is 220 cm³/mol. The molecule has 1 aliphatic rings. The van der Waals surface area contributed by atoms with Crippen LogP contribution in [0.4, 0.5) is 0 Å². The van der Waals surface area contributed by atoms with Crippen molar-refractivity contribution in [2.24, 2.45) is 0 Å². The predicted octanol–water partition coefficient (Wildman–Crippen LogP) is 12.8. The van der Waals surface area contributed by atoms with Crippen molar-refractivity contribution in [1.29, 1.82) is 0 Å². The maximum Gasteiger partial charge on any atom is 0.0713 e. The van der Waals surface area contributed by atoms with E-state index in [2.05, 4.69) is 216 Å². The lowest BCUT2D eigenvalue weighted by atomic mass is 9.67. The van der Waals surface area contributed by atoms with E-state index in [9.17, 15) is 0 Å². The monoisotopic (exact) mass is 674 g/mol. The standard InChI is InChI=1S/C51H34N2/c1-5-15-37(16-6-1)51(38-17-7-2-8-18-38)46-24-14-13-23-41(46)42-27-25-36(34-47(42)51)35-26-29-49-45(33-35)43-28-30-48-44(31-32-52(48)39-19-9-3-10-20-39)50(43)53(49)40-21-11-4-12-22-40/h1-34H. The van der Waals surface area contributed by atoms with Gasteiger partial charge in [-0.3, -0.25) is 0 Å². The van der Waals surface area contributed by atoms with Gasteiger partial charge >= 0.3 is 0 Å². The van der Waals surface area contributed by atoms with Gasteiger partial charge in [0.25, 0.3) is 0 Å². The number of benzene rings is 8. The average Bonchev–Trinajstić information content (AvgIpc) is 3.91. The summed E-state index contributed by atoms with van der Waals surface area (Å²) >= 11 is 0. The molecule has 53 heavy (non-hydrogen) atoms. The van der Waals surface area contributed by atoms with Gasteiger partial charge in [-0.25, -0.2) is 0 Å². The van der Waals surface area contributed by atoms with Crippen LogP contribution < -0.4 is 0 Å². The van der Waals surface area contributed by atoms with Gasteiger partial charge in [0.05, 0.1) is 22.0 Å². The minimum atomic E-state index is -0.435. The van der Waals surface area contributed by atoms with Crippen LogP contribution >= 0.6 is 0 Å². The first-order valence-electron chi connectivity index (χ1n) is 18.4. The molecule has 0 saturated heterocycles. The number of hydrogen-bond acceptors (Lipinski definition) is 0. The Bertz CT molecular complexity index is 2930. The molecule has 248 valence electrons. The number of fused-ring (bicyclic) bond motifs is 8. The van der Waals surface area contributed by atoms with Crippen LogP contribution in [0.2, 0.25) is 0 Å². The summed E-state index contributed by atoms with van der Waals surface area (Å²) in [5.74, 6) is 0. The van der Waals surface area contributed by atoms with Gasteiger partial charge in [0, 0.05) is 33.7 Å². The number of rotatable bonds is 5. The first kappa shape index (κ1) is 29.8. The van der Waals surface area contributed by atoms with Gasteiger partial charge in [-0.1, -0.05) is 146 Å². The third-order valence-corrected chi connectivity index (χ3v) is 11.4. The van der Waals surface area contributed by atoms with E-state index < -0.39 is 5.41 Å². The van der Waals surface area contributed by atoms with Gasteiger partial charge in [0.15, 0.2) is 0 Å². The highest BCUT2D eigenvalue weighted by Crippen LogP contribution is 2.56. The lowest BCUT2D eigenvalue weighted by Crippen LogP contribution is -2.28. The van der Waals surface area contributed by atoms with E-state index in [1.165, 1.54) is 77.2 Å². The van der Waals surface area contributed by atoms with Crippen LogP contribution in [0.25, 0.3) is 66.3 Å². The molecule has 0 atom stereocenters. The topological polar surface area (TPSA) is 9.86 Å². The second-order valence-electron chi connectivity index (χ2n) is 14.1. The molecule has 0 fully saturated rings. The minimum Gasteiger partial charge on any atom is -0.316 e. The van der Waals surface area contributed by atoms with Crippen LogP contribution in [0.3, 0.4) is 0 Å². The molecule has 0 aliphatic heterocycles. The molecule has 0 radical (unpaired) electrons. The molecule has 0 amide bonds. The molecule has 8 aromatic carbocycles. The van der Waals surface area contributed by atoms with Crippen molar-refractivity contribution >= 4 is 32.7 Å². The first-order chi connectivity index (χ1) is 26.3. The zero-order chi connectivity index (χ0) is 34.9. The number of nitrogens with zero attached hydrogens (tertiary/aromatic N) is 2. The second kappa shape index (κ2) is 11.6. The van der Waals surface area contributed by atoms with E-state index in [4.69, 9.17) is 0 Å². The van der Waals surface area contributed by atoms with Crippen LogP contribution in [0, 0.1) is 0 Å². The Balaban J connectivity index is 1.16. The summed E-state index contributed by atoms with van der Waals surface area (Å²) in [5.41, 5.74) is 15.7. The van der Waals surface area contributed by atoms with Crippen molar-refractivity contribution in [3.05, 3.63) is 229 Å². The molecule has 11 rings (SSSR count). The van der Waals surface area contributed by atoms with Crippen LogP contribution in [0.1, 0.15) is 22.3 Å². The molecule has 0 bridgehead atoms. The highest BCUT2D eigenvalue weighted by atomic mass is 15.0. The van der Waals surface area contributed by atoms with Crippen LogP contribution in [-0.2, 0) is 5.41 Å². The van der Waals surface area contributed by atoms with Crippen molar-refractivity contribution in [3.8, 4) is 33.6 Å². The quantitative estimate of drug-likeness (QED) is 0.172. The van der Waals surface area contributed by atoms with Crippen LogP contribution in [-0.4, -0.2) is 9.13 Å². The van der Waals surface area contributed by atoms with Gasteiger partial charge in [-0.2, -0.15) is 0 Å². The van der Waals surface area contributed by atoms with Gasteiger partial charge < -0.3 is 9.13 Å². The van der Waals surface area contributed by atoms with E-state index in [0.29, 0.717) is 0 Å². The summed E-state index contributed by atoms with van der Waals surface area (Å²) in [5, 5.41) is 3.73. The highest BCUT2D eigenvalue weighted by Gasteiger charge is 2.46. The summed E-state index contributed by atoms with van der Waals surface area (Å²) in [6, 6.07) is 73.5. The Morgan fingerprint density at radius 3 is 1.64 bits per heavy atom. The van der Waals surface area contributed by atoms with Crippen molar-refractivity contribution < 1.29 is 0 Å². The highest BCUT2D eigenvalue weighted by molar-refractivity contribution is 6.19. The summed E-state index contributed by atoms with van der Waals surface area (Å²) in [4.78, 5) is 0. The van der Waals surface area contributed by atoms with Crippen LogP contribution in [0.5, 0.6) is 0 Å².